The summed E-state index contributed by atoms with van der Waals surface area (Å²) in [5, 5.41) is 22.3. The summed E-state index contributed by atoms with van der Waals surface area (Å²) in [7, 11) is 0. The van der Waals surface area contributed by atoms with Crippen molar-refractivity contribution in [2.45, 2.75) is 6.92 Å². The molecule has 0 aliphatic rings. The lowest BCUT2D eigenvalue weighted by Crippen LogP contribution is -2.13. The van der Waals surface area contributed by atoms with Crippen molar-refractivity contribution in [1.29, 1.82) is 5.26 Å². The molecule has 0 atom stereocenters. The van der Waals surface area contributed by atoms with Gasteiger partial charge in [-0.15, -0.1) is 0 Å². The van der Waals surface area contributed by atoms with Gasteiger partial charge in [-0.3, -0.25) is 14.9 Å². The second-order valence-electron chi connectivity index (χ2n) is 4.52. The van der Waals surface area contributed by atoms with Gasteiger partial charge in [0.25, 0.3) is 11.6 Å². The number of halogens is 1. The van der Waals surface area contributed by atoms with E-state index in [-0.39, 0.29) is 16.3 Å². The molecule has 1 amide bonds. The SMILES string of the molecule is Cc1cc(C#N)ccc1NC(=O)c1cc([N+](=O)[O-])ccc1Cl. The van der Waals surface area contributed by atoms with Crippen LogP contribution in [-0.2, 0) is 0 Å². The third-order valence-electron chi connectivity index (χ3n) is 3.01. The van der Waals surface area contributed by atoms with E-state index in [1.165, 1.54) is 12.1 Å². The minimum atomic E-state index is -0.597. The Balaban J connectivity index is 2.32. The number of benzene rings is 2. The van der Waals surface area contributed by atoms with E-state index in [0.717, 1.165) is 6.07 Å². The first-order valence-corrected chi connectivity index (χ1v) is 6.56. The smallest absolute Gasteiger partial charge is 0.270 e. The Labute approximate surface area is 131 Å². The Morgan fingerprint density at radius 1 is 1.32 bits per heavy atom. The average molecular weight is 316 g/mol. The molecular weight excluding hydrogens is 306 g/mol. The van der Waals surface area contributed by atoms with Gasteiger partial charge in [0.1, 0.15) is 0 Å². The molecule has 0 bridgehead atoms. The van der Waals surface area contributed by atoms with Crippen LogP contribution in [0.15, 0.2) is 36.4 Å². The molecule has 0 saturated heterocycles. The molecule has 2 rings (SSSR count). The third-order valence-corrected chi connectivity index (χ3v) is 3.34. The van der Waals surface area contributed by atoms with Gasteiger partial charge in [-0.2, -0.15) is 5.26 Å². The van der Waals surface area contributed by atoms with Gasteiger partial charge in [0.2, 0.25) is 0 Å². The van der Waals surface area contributed by atoms with Gasteiger partial charge in [0, 0.05) is 17.8 Å². The van der Waals surface area contributed by atoms with Crippen molar-refractivity contribution in [3.05, 3.63) is 68.2 Å². The molecule has 0 aliphatic heterocycles. The first-order valence-electron chi connectivity index (χ1n) is 6.18. The molecule has 0 spiro atoms. The van der Waals surface area contributed by atoms with Gasteiger partial charge < -0.3 is 5.32 Å². The number of nitrogens with one attached hydrogen (secondary N) is 1. The molecule has 0 heterocycles. The number of hydrogen-bond acceptors (Lipinski definition) is 4. The highest BCUT2D eigenvalue weighted by atomic mass is 35.5. The standard InChI is InChI=1S/C15H10ClN3O3/c1-9-6-10(8-17)2-5-14(9)18-15(20)12-7-11(19(21)22)3-4-13(12)16/h2-7H,1H3,(H,18,20). The summed E-state index contributed by atoms with van der Waals surface area (Å²) in [6, 6.07) is 10.4. The van der Waals surface area contributed by atoms with E-state index in [1.54, 1.807) is 25.1 Å². The molecule has 0 saturated carbocycles. The number of rotatable bonds is 3. The number of nitro groups is 1. The molecule has 6 nitrogen and oxygen atoms in total. The second kappa shape index (κ2) is 6.24. The van der Waals surface area contributed by atoms with Crippen LogP contribution < -0.4 is 5.32 Å². The van der Waals surface area contributed by atoms with Crippen LogP contribution in [0.5, 0.6) is 0 Å². The van der Waals surface area contributed by atoms with E-state index >= 15 is 0 Å². The normalized spacial score (nSPS) is 9.86. The number of nitrogens with zero attached hydrogens (tertiary/aromatic N) is 2. The van der Waals surface area contributed by atoms with Crippen molar-refractivity contribution < 1.29 is 9.72 Å². The number of nitro benzene ring substituents is 1. The van der Waals surface area contributed by atoms with Gasteiger partial charge in [-0.25, -0.2) is 0 Å². The molecule has 0 unspecified atom stereocenters. The summed E-state index contributed by atoms with van der Waals surface area (Å²) < 4.78 is 0. The number of amides is 1. The van der Waals surface area contributed by atoms with Crippen LogP contribution in [0.2, 0.25) is 5.02 Å². The molecule has 0 aliphatic carbocycles. The van der Waals surface area contributed by atoms with Gasteiger partial charge in [-0.1, -0.05) is 11.6 Å². The minimum absolute atomic E-state index is 0.0135. The highest BCUT2D eigenvalue weighted by molar-refractivity contribution is 6.34. The number of anilines is 1. The number of non-ortho nitro benzene ring substituents is 1. The van der Waals surface area contributed by atoms with E-state index in [1.807, 2.05) is 6.07 Å². The molecule has 110 valence electrons. The van der Waals surface area contributed by atoms with Crippen LogP contribution in [0.1, 0.15) is 21.5 Å². The minimum Gasteiger partial charge on any atom is -0.322 e. The molecule has 2 aromatic carbocycles. The molecule has 2 aromatic rings. The summed E-state index contributed by atoms with van der Waals surface area (Å²) >= 11 is 5.92. The molecular formula is C15H10ClN3O3. The van der Waals surface area contributed by atoms with Gasteiger partial charge in [0.05, 0.1) is 27.1 Å². The first kappa shape index (κ1) is 15.5. The fourth-order valence-corrected chi connectivity index (χ4v) is 2.07. The van der Waals surface area contributed by atoms with Crippen molar-refractivity contribution >= 4 is 28.9 Å². The lowest BCUT2D eigenvalue weighted by molar-refractivity contribution is -0.384. The quantitative estimate of drug-likeness (QED) is 0.690. The van der Waals surface area contributed by atoms with Gasteiger partial charge in [-0.05, 0) is 36.8 Å². The van der Waals surface area contributed by atoms with Crippen molar-refractivity contribution in [3.63, 3.8) is 0 Å². The summed E-state index contributed by atoms with van der Waals surface area (Å²) in [6.45, 7) is 1.74. The van der Waals surface area contributed by atoms with Crippen molar-refractivity contribution in [2.24, 2.45) is 0 Å². The predicted molar refractivity (Wildman–Crippen MR) is 82.0 cm³/mol. The van der Waals surface area contributed by atoms with Crippen LogP contribution >= 0.6 is 11.6 Å². The number of carbonyl (C=O) groups is 1. The average Bonchev–Trinajstić information content (AvgIpc) is 2.49. The topological polar surface area (TPSA) is 96.0 Å². The van der Waals surface area contributed by atoms with E-state index in [0.29, 0.717) is 16.8 Å². The van der Waals surface area contributed by atoms with Crippen LogP contribution in [0.4, 0.5) is 11.4 Å². The Hall–Kier alpha value is -2.91. The van der Waals surface area contributed by atoms with Crippen molar-refractivity contribution in [2.75, 3.05) is 5.32 Å². The van der Waals surface area contributed by atoms with Gasteiger partial charge >= 0.3 is 0 Å². The maximum atomic E-state index is 12.2. The Bertz CT molecular complexity index is 812. The molecule has 0 radical (unpaired) electrons. The van der Waals surface area contributed by atoms with Crippen LogP contribution in [-0.4, -0.2) is 10.8 Å². The summed E-state index contributed by atoms with van der Waals surface area (Å²) in [5.41, 5.74) is 1.48. The number of nitriles is 1. The summed E-state index contributed by atoms with van der Waals surface area (Å²) in [4.78, 5) is 22.4. The first-order chi connectivity index (χ1) is 10.4. The van der Waals surface area contributed by atoms with Crippen molar-refractivity contribution in [3.8, 4) is 6.07 Å². The Morgan fingerprint density at radius 2 is 2.05 bits per heavy atom. The zero-order valence-corrected chi connectivity index (χ0v) is 12.2. The molecule has 0 fully saturated rings. The highest BCUT2D eigenvalue weighted by Crippen LogP contribution is 2.24. The fraction of sp³-hybridized carbons (Fsp3) is 0.0667. The summed E-state index contributed by atoms with van der Waals surface area (Å²) in [5.74, 6) is -0.554. The second-order valence-corrected chi connectivity index (χ2v) is 4.92. The van der Waals surface area contributed by atoms with Crippen molar-refractivity contribution in [1.82, 2.24) is 0 Å². The Morgan fingerprint density at radius 3 is 2.64 bits per heavy atom. The maximum Gasteiger partial charge on any atom is 0.270 e. The third kappa shape index (κ3) is 3.22. The molecule has 7 heteroatoms. The van der Waals surface area contributed by atoms with E-state index in [9.17, 15) is 14.9 Å². The zero-order chi connectivity index (χ0) is 16.3. The molecule has 22 heavy (non-hydrogen) atoms. The number of carbonyl (C=O) groups excluding carboxylic acids is 1. The van der Waals surface area contributed by atoms with E-state index < -0.39 is 10.8 Å². The zero-order valence-electron chi connectivity index (χ0n) is 11.5. The van der Waals surface area contributed by atoms with E-state index in [4.69, 9.17) is 16.9 Å². The lowest BCUT2D eigenvalue weighted by Gasteiger charge is -2.09. The lowest BCUT2D eigenvalue weighted by atomic mass is 10.1. The fourth-order valence-electron chi connectivity index (χ4n) is 1.86. The van der Waals surface area contributed by atoms with E-state index in [2.05, 4.69) is 5.32 Å². The predicted octanol–water partition coefficient (Wildman–Crippen LogP) is 3.68. The number of aryl methyl sites for hydroxylation is 1. The maximum absolute atomic E-state index is 12.2. The Kier molecular flexibility index (Phi) is 4.39. The molecule has 0 aromatic heterocycles. The highest BCUT2D eigenvalue weighted by Gasteiger charge is 2.16. The monoisotopic (exact) mass is 315 g/mol. The molecule has 1 N–H and O–H groups in total. The van der Waals surface area contributed by atoms with Crippen LogP contribution in [0.25, 0.3) is 0 Å². The van der Waals surface area contributed by atoms with Crippen LogP contribution in [0.3, 0.4) is 0 Å². The largest absolute Gasteiger partial charge is 0.322 e. The van der Waals surface area contributed by atoms with Crippen LogP contribution in [0, 0.1) is 28.4 Å². The summed E-state index contributed by atoms with van der Waals surface area (Å²) in [6.07, 6.45) is 0. The number of hydrogen-bond donors (Lipinski definition) is 1. The van der Waals surface area contributed by atoms with Gasteiger partial charge in [0.15, 0.2) is 0 Å².